The number of aromatic amines is 1. The van der Waals surface area contributed by atoms with Gasteiger partial charge in [-0.2, -0.15) is 5.10 Å². The van der Waals surface area contributed by atoms with E-state index in [1.165, 1.54) is 0 Å². The summed E-state index contributed by atoms with van der Waals surface area (Å²) >= 11 is 0. The number of hydrogen-bond donors (Lipinski definition) is 2. The molecule has 2 rings (SSSR count). The van der Waals surface area contributed by atoms with E-state index < -0.39 is 17.5 Å². The fourth-order valence-corrected chi connectivity index (χ4v) is 1.32. The van der Waals surface area contributed by atoms with E-state index in [4.69, 9.17) is 5.73 Å². The largest absolute Gasteiger partial charge is 0.325 e. The van der Waals surface area contributed by atoms with Gasteiger partial charge >= 0.3 is 0 Å². The Kier molecular flexibility index (Phi) is 2.66. The third-order valence-corrected chi connectivity index (χ3v) is 2.13. The molecule has 0 saturated heterocycles. The van der Waals surface area contributed by atoms with Crippen LogP contribution >= 0.6 is 0 Å². The van der Waals surface area contributed by atoms with Gasteiger partial charge in [0.2, 0.25) is 0 Å². The molecule has 3 N–H and O–H groups in total. The first-order valence-corrected chi connectivity index (χ1v) is 4.51. The van der Waals surface area contributed by atoms with Crippen LogP contribution in [-0.2, 0) is 6.54 Å². The predicted octanol–water partition coefficient (Wildman–Crippen LogP) is 1.95. The number of nitrogens with zero attached hydrogens (tertiary/aromatic N) is 1. The van der Waals surface area contributed by atoms with Gasteiger partial charge in [0, 0.05) is 17.8 Å². The molecule has 0 aliphatic rings. The summed E-state index contributed by atoms with van der Waals surface area (Å²) in [7, 11) is 0. The van der Waals surface area contributed by atoms with Crippen molar-refractivity contribution in [3.63, 3.8) is 0 Å². The highest BCUT2D eigenvalue weighted by Gasteiger charge is 2.13. The fourth-order valence-electron chi connectivity index (χ4n) is 1.32. The highest BCUT2D eigenvalue weighted by molar-refractivity contribution is 5.59. The van der Waals surface area contributed by atoms with Crippen molar-refractivity contribution in [2.45, 2.75) is 6.54 Å². The fraction of sp³-hybridized carbons (Fsp3) is 0.100. The number of rotatable bonds is 2. The van der Waals surface area contributed by atoms with Crippen LogP contribution in [0.25, 0.3) is 11.3 Å². The van der Waals surface area contributed by atoms with Crippen LogP contribution in [0.5, 0.6) is 0 Å². The first-order chi connectivity index (χ1) is 7.61. The third kappa shape index (κ3) is 1.79. The lowest BCUT2D eigenvalue weighted by molar-refractivity contribution is 0.447. The van der Waals surface area contributed by atoms with E-state index in [-0.39, 0.29) is 12.1 Å². The van der Waals surface area contributed by atoms with Gasteiger partial charge in [0.15, 0.2) is 17.5 Å². The zero-order valence-electron chi connectivity index (χ0n) is 8.10. The van der Waals surface area contributed by atoms with Gasteiger partial charge in [-0.1, -0.05) is 0 Å². The number of benzene rings is 1. The molecule has 3 nitrogen and oxygen atoms in total. The minimum Gasteiger partial charge on any atom is -0.325 e. The van der Waals surface area contributed by atoms with Crippen molar-refractivity contribution in [2.24, 2.45) is 5.73 Å². The monoisotopic (exact) mass is 227 g/mol. The molecule has 0 spiro atoms. The predicted molar refractivity (Wildman–Crippen MR) is 51.8 cm³/mol. The van der Waals surface area contributed by atoms with Crippen molar-refractivity contribution >= 4 is 0 Å². The topological polar surface area (TPSA) is 54.7 Å². The van der Waals surface area contributed by atoms with Crippen LogP contribution in [-0.4, -0.2) is 10.2 Å². The Morgan fingerprint density at radius 2 is 1.75 bits per heavy atom. The molecule has 0 atom stereocenters. The molecule has 2 aromatic rings. The molecule has 0 bridgehead atoms. The molecular weight excluding hydrogens is 219 g/mol. The number of nitrogens with two attached hydrogens (primary N) is 1. The molecule has 0 fully saturated rings. The summed E-state index contributed by atoms with van der Waals surface area (Å²) in [5.74, 6) is -3.97. The minimum atomic E-state index is -1.49. The number of aromatic nitrogens is 2. The van der Waals surface area contributed by atoms with E-state index >= 15 is 0 Å². The van der Waals surface area contributed by atoms with Crippen LogP contribution in [0.3, 0.4) is 0 Å². The van der Waals surface area contributed by atoms with Crippen molar-refractivity contribution < 1.29 is 13.2 Å². The summed E-state index contributed by atoms with van der Waals surface area (Å²) in [5, 5.41) is 6.40. The van der Waals surface area contributed by atoms with Crippen LogP contribution in [0.4, 0.5) is 13.2 Å². The van der Waals surface area contributed by atoms with Crippen molar-refractivity contribution in [2.75, 3.05) is 0 Å². The van der Waals surface area contributed by atoms with Gasteiger partial charge in [-0.15, -0.1) is 0 Å². The van der Waals surface area contributed by atoms with Crippen LogP contribution < -0.4 is 5.73 Å². The highest BCUT2D eigenvalue weighted by Crippen LogP contribution is 2.22. The SMILES string of the molecule is NCc1cc(-c2cc(F)c(F)c(F)c2)n[nH]1. The molecular formula is C10H8F3N3. The zero-order chi connectivity index (χ0) is 11.7. The Hall–Kier alpha value is -1.82. The molecule has 1 heterocycles. The standard InChI is InChI=1S/C10H8F3N3/c11-7-1-5(2-8(12)10(7)13)9-3-6(4-14)15-16-9/h1-3H,4,14H2,(H,15,16). The first kappa shape index (κ1) is 10.7. The Bertz CT molecular complexity index is 499. The molecule has 0 aliphatic heterocycles. The maximum absolute atomic E-state index is 12.9. The lowest BCUT2D eigenvalue weighted by atomic mass is 10.1. The Labute approximate surface area is 89.1 Å². The number of hydrogen-bond acceptors (Lipinski definition) is 2. The summed E-state index contributed by atoms with van der Waals surface area (Å²) in [6, 6.07) is 3.32. The molecule has 0 aliphatic carbocycles. The zero-order valence-corrected chi connectivity index (χ0v) is 8.10. The van der Waals surface area contributed by atoms with Gasteiger partial charge in [0.25, 0.3) is 0 Å². The Morgan fingerprint density at radius 1 is 1.12 bits per heavy atom. The lowest BCUT2D eigenvalue weighted by Gasteiger charge is -1.99. The van der Waals surface area contributed by atoms with E-state index in [0.29, 0.717) is 11.4 Å². The van der Waals surface area contributed by atoms with Crippen molar-refractivity contribution in [1.29, 1.82) is 0 Å². The summed E-state index contributed by atoms with van der Waals surface area (Å²) in [6.07, 6.45) is 0. The molecule has 0 unspecified atom stereocenters. The van der Waals surface area contributed by atoms with E-state index in [1.807, 2.05) is 0 Å². The second-order valence-corrected chi connectivity index (χ2v) is 3.24. The molecule has 0 saturated carbocycles. The molecule has 0 radical (unpaired) electrons. The highest BCUT2D eigenvalue weighted by atomic mass is 19.2. The quantitative estimate of drug-likeness (QED) is 0.770. The average Bonchev–Trinajstić information content (AvgIpc) is 2.73. The van der Waals surface area contributed by atoms with Gasteiger partial charge in [0.1, 0.15) is 0 Å². The van der Waals surface area contributed by atoms with Crippen LogP contribution in [0.2, 0.25) is 0 Å². The van der Waals surface area contributed by atoms with Gasteiger partial charge in [-0.25, -0.2) is 13.2 Å². The second-order valence-electron chi connectivity index (χ2n) is 3.24. The normalized spacial score (nSPS) is 10.8. The molecule has 0 amide bonds. The molecule has 84 valence electrons. The van der Waals surface area contributed by atoms with Gasteiger partial charge in [-0.3, -0.25) is 5.10 Å². The number of halogens is 3. The second kappa shape index (κ2) is 3.97. The number of H-pyrrole nitrogens is 1. The summed E-state index contributed by atoms with van der Waals surface area (Å²) in [4.78, 5) is 0. The molecule has 16 heavy (non-hydrogen) atoms. The summed E-state index contributed by atoms with van der Waals surface area (Å²) in [6.45, 7) is 0.235. The van der Waals surface area contributed by atoms with Crippen LogP contribution in [0.1, 0.15) is 5.69 Å². The van der Waals surface area contributed by atoms with E-state index in [0.717, 1.165) is 12.1 Å². The van der Waals surface area contributed by atoms with E-state index in [9.17, 15) is 13.2 Å². The minimum absolute atomic E-state index is 0.160. The third-order valence-electron chi connectivity index (χ3n) is 2.13. The Balaban J connectivity index is 2.48. The van der Waals surface area contributed by atoms with Gasteiger partial charge < -0.3 is 5.73 Å². The van der Waals surface area contributed by atoms with E-state index in [1.54, 1.807) is 6.07 Å². The summed E-state index contributed by atoms with van der Waals surface area (Å²) in [5.41, 5.74) is 6.45. The maximum atomic E-state index is 12.9. The smallest absolute Gasteiger partial charge is 0.194 e. The van der Waals surface area contributed by atoms with Crippen molar-refractivity contribution in [3.8, 4) is 11.3 Å². The number of nitrogens with one attached hydrogen (secondary N) is 1. The van der Waals surface area contributed by atoms with E-state index in [2.05, 4.69) is 10.2 Å². The Morgan fingerprint density at radius 3 is 2.25 bits per heavy atom. The van der Waals surface area contributed by atoms with Gasteiger partial charge in [-0.05, 0) is 18.2 Å². The lowest BCUT2D eigenvalue weighted by Crippen LogP contribution is -1.95. The molecule has 1 aromatic carbocycles. The maximum Gasteiger partial charge on any atom is 0.194 e. The van der Waals surface area contributed by atoms with Crippen molar-refractivity contribution in [3.05, 3.63) is 41.3 Å². The van der Waals surface area contributed by atoms with Crippen molar-refractivity contribution in [1.82, 2.24) is 10.2 Å². The molecule has 1 aromatic heterocycles. The summed E-state index contributed by atoms with van der Waals surface area (Å²) < 4.78 is 38.6. The van der Waals surface area contributed by atoms with Crippen LogP contribution in [0, 0.1) is 17.5 Å². The first-order valence-electron chi connectivity index (χ1n) is 4.51. The van der Waals surface area contributed by atoms with Gasteiger partial charge in [0.05, 0.1) is 5.69 Å². The average molecular weight is 227 g/mol. The van der Waals surface area contributed by atoms with Crippen LogP contribution in [0.15, 0.2) is 18.2 Å². The molecule has 6 heteroatoms.